The lowest BCUT2D eigenvalue weighted by molar-refractivity contribution is -0.122. The van der Waals surface area contributed by atoms with Crippen LogP contribution in [0.25, 0.3) is 0 Å². The first kappa shape index (κ1) is 12.4. The number of likely N-dealkylation sites (N-methyl/N-ethyl adjacent to an activating group) is 1. The summed E-state index contributed by atoms with van der Waals surface area (Å²) in [4.78, 5) is 13.4. The molecule has 0 aliphatic rings. The third-order valence-corrected chi connectivity index (χ3v) is 2.57. The Bertz CT molecular complexity index is 426. The smallest absolute Gasteiger partial charge is 0.233 e. The number of nitrogens with zero attached hydrogens (tertiary/aromatic N) is 1. The van der Waals surface area contributed by atoms with Crippen molar-refractivity contribution in [3.05, 3.63) is 48.3 Å². The summed E-state index contributed by atoms with van der Waals surface area (Å²) in [6, 6.07) is 7.44. The van der Waals surface area contributed by atoms with Crippen LogP contribution in [0.5, 0.6) is 0 Å². The summed E-state index contributed by atoms with van der Waals surface area (Å²) in [6.45, 7) is 1.44. The molecule has 2 aromatic rings. The van der Waals surface area contributed by atoms with E-state index >= 15 is 0 Å². The van der Waals surface area contributed by atoms with Crippen molar-refractivity contribution in [2.45, 2.75) is 13.1 Å². The van der Waals surface area contributed by atoms with Crippen molar-refractivity contribution in [1.82, 2.24) is 10.2 Å². The van der Waals surface area contributed by atoms with Crippen LogP contribution in [0, 0.1) is 0 Å². The fourth-order valence-electron chi connectivity index (χ4n) is 1.70. The Morgan fingerprint density at radius 3 is 2.11 bits per heavy atom. The van der Waals surface area contributed by atoms with Gasteiger partial charge in [0.2, 0.25) is 5.91 Å². The Morgan fingerprint density at radius 2 is 1.72 bits per heavy atom. The van der Waals surface area contributed by atoms with E-state index in [-0.39, 0.29) is 5.91 Å². The van der Waals surface area contributed by atoms with Crippen LogP contribution in [0.4, 0.5) is 0 Å². The van der Waals surface area contributed by atoms with Crippen molar-refractivity contribution in [2.24, 2.45) is 0 Å². The van der Waals surface area contributed by atoms with Crippen LogP contribution in [-0.4, -0.2) is 24.4 Å². The van der Waals surface area contributed by atoms with Gasteiger partial charge < -0.3 is 14.2 Å². The van der Waals surface area contributed by atoms with Crippen molar-refractivity contribution in [2.75, 3.05) is 13.6 Å². The molecule has 0 fully saturated rings. The number of hydrogen-bond acceptors (Lipinski definition) is 4. The van der Waals surface area contributed by atoms with Gasteiger partial charge in [-0.05, 0) is 24.3 Å². The highest BCUT2D eigenvalue weighted by atomic mass is 16.3. The van der Waals surface area contributed by atoms with Crippen molar-refractivity contribution in [3.63, 3.8) is 0 Å². The monoisotopic (exact) mass is 248 g/mol. The first-order valence-electron chi connectivity index (χ1n) is 5.75. The number of amides is 1. The summed E-state index contributed by atoms with van der Waals surface area (Å²) in [7, 11) is 1.63. The maximum atomic E-state index is 11.5. The van der Waals surface area contributed by atoms with Crippen LogP contribution in [0.1, 0.15) is 11.5 Å². The highest BCUT2D eigenvalue weighted by Gasteiger charge is 2.13. The Labute approximate surface area is 105 Å². The molecule has 0 aliphatic heterocycles. The molecule has 0 saturated heterocycles. The van der Waals surface area contributed by atoms with E-state index < -0.39 is 0 Å². The van der Waals surface area contributed by atoms with E-state index in [0.717, 1.165) is 11.5 Å². The molecule has 5 heteroatoms. The van der Waals surface area contributed by atoms with E-state index in [4.69, 9.17) is 8.83 Å². The van der Waals surface area contributed by atoms with Gasteiger partial charge in [-0.2, -0.15) is 0 Å². The quantitative estimate of drug-likeness (QED) is 0.844. The fraction of sp³-hybridized carbons (Fsp3) is 0.308. The summed E-state index contributed by atoms with van der Waals surface area (Å²) >= 11 is 0. The second kappa shape index (κ2) is 6.07. The van der Waals surface area contributed by atoms with Crippen LogP contribution in [-0.2, 0) is 17.9 Å². The average molecular weight is 248 g/mol. The molecule has 1 N–H and O–H groups in total. The minimum atomic E-state index is -0.0342. The van der Waals surface area contributed by atoms with Gasteiger partial charge in [-0.15, -0.1) is 0 Å². The summed E-state index contributed by atoms with van der Waals surface area (Å²) < 4.78 is 10.6. The zero-order valence-electron chi connectivity index (χ0n) is 10.3. The molecule has 0 bridgehead atoms. The van der Waals surface area contributed by atoms with Crippen LogP contribution < -0.4 is 5.32 Å². The molecule has 0 unspecified atom stereocenters. The molecule has 0 aromatic carbocycles. The van der Waals surface area contributed by atoms with E-state index in [1.54, 1.807) is 19.6 Å². The Balaban J connectivity index is 2.00. The summed E-state index contributed by atoms with van der Waals surface area (Å²) in [5.41, 5.74) is 0. The third kappa shape index (κ3) is 3.49. The molecule has 2 aromatic heterocycles. The molecule has 1 amide bonds. The number of rotatable bonds is 6. The van der Waals surface area contributed by atoms with Crippen molar-refractivity contribution >= 4 is 5.91 Å². The Hall–Kier alpha value is -2.01. The fourth-order valence-corrected chi connectivity index (χ4v) is 1.70. The highest BCUT2D eigenvalue weighted by molar-refractivity contribution is 5.77. The molecule has 2 heterocycles. The largest absolute Gasteiger partial charge is 0.468 e. The first-order chi connectivity index (χ1) is 8.78. The van der Waals surface area contributed by atoms with Gasteiger partial charge >= 0.3 is 0 Å². The maximum Gasteiger partial charge on any atom is 0.233 e. The standard InChI is InChI=1S/C13H16N2O3/c1-14-13(16)10-15(8-11-4-2-6-17-11)9-12-5-3-7-18-12/h2-7H,8-10H2,1H3,(H,14,16). The number of carbonyl (C=O) groups is 1. The molecular formula is C13H16N2O3. The second-order valence-corrected chi connectivity index (χ2v) is 3.98. The number of hydrogen-bond donors (Lipinski definition) is 1. The molecule has 0 spiro atoms. The molecule has 0 atom stereocenters. The van der Waals surface area contributed by atoms with E-state index in [9.17, 15) is 4.79 Å². The normalized spacial score (nSPS) is 10.8. The number of nitrogens with one attached hydrogen (secondary N) is 1. The van der Waals surface area contributed by atoms with E-state index in [0.29, 0.717) is 19.6 Å². The van der Waals surface area contributed by atoms with Crippen molar-refractivity contribution in [3.8, 4) is 0 Å². The molecule has 5 nitrogen and oxygen atoms in total. The minimum absolute atomic E-state index is 0.0342. The summed E-state index contributed by atoms with van der Waals surface area (Å²) in [6.07, 6.45) is 3.25. The average Bonchev–Trinajstić information content (AvgIpc) is 3.02. The first-order valence-corrected chi connectivity index (χ1v) is 5.75. The Kier molecular flexibility index (Phi) is 4.20. The SMILES string of the molecule is CNC(=O)CN(Cc1ccco1)Cc1ccco1. The lowest BCUT2D eigenvalue weighted by Crippen LogP contribution is -2.34. The zero-order valence-corrected chi connectivity index (χ0v) is 10.3. The van der Waals surface area contributed by atoms with E-state index in [2.05, 4.69) is 5.32 Å². The van der Waals surface area contributed by atoms with Gasteiger partial charge in [-0.25, -0.2) is 0 Å². The molecule has 18 heavy (non-hydrogen) atoms. The van der Waals surface area contributed by atoms with Gasteiger partial charge in [-0.3, -0.25) is 9.69 Å². The van der Waals surface area contributed by atoms with Crippen LogP contribution in [0.15, 0.2) is 45.6 Å². The Morgan fingerprint density at radius 1 is 1.17 bits per heavy atom. The van der Waals surface area contributed by atoms with Gasteiger partial charge in [-0.1, -0.05) is 0 Å². The predicted octanol–water partition coefficient (Wildman–Crippen LogP) is 1.62. The van der Waals surface area contributed by atoms with Gasteiger partial charge in [0.1, 0.15) is 11.5 Å². The molecule has 0 aliphatic carbocycles. The topological polar surface area (TPSA) is 58.6 Å². The summed E-state index contributed by atoms with van der Waals surface area (Å²) in [5, 5.41) is 2.61. The predicted molar refractivity (Wildman–Crippen MR) is 65.6 cm³/mol. The number of furan rings is 2. The van der Waals surface area contributed by atoms with E-state index in [1.807, 2.05) is 29.2 Å². The van der Waals surface area contributed by atoms with Crippen molar-refractivity contribution in [1.29, 1.82) is 0 Å². The summed E-state index contributed by atoms with van der Waals surface area (Å²) in [5.74, 6) is 1.61. The maximum absolute atomic E-state index is 11.5. The molecular weight excluding hydrogens is 232 g/mol. The van der Waals surface area contributed by atoms with Gasteiger partial charge in [0.15, 0.2) is 0 Å². The molecule has 2 rings (SSSR count). The number of carbonyl (C=O) groups excluding carboxylic acids is 1. The van der Waals surface area contributed by atoms with Gasteiger partial charge in [0.25, 0.3) is 0 Å². The van der Waals surface area contributed by atoms with E-state index in [1.165, 1.54) is 0 Å². The van der Waals surface area contributed by atoms with Gasteiger partial charge in [0.05, 0.1) is 32.2 Å². The molecule has 96 valence electrons. The second-order valence-electron chi connectivity index (χ2n) is 3.98. The lowest BCUT2D eigenvalue weighted by atomic mass is 10.3. The zero-order chi connectivity index (χ0) is 12.8. The van der Waals surface area contributed by atoms with Crippen LogP contribution >= 0.6 is 0 Å². The lowest BCUT2D eigenvalue weighted by Gasteiger charge is -2.18. The highest BCUT2D eigenvalue weighted by Crippen LogP contribution is 2.10. The van der Waals surface area contributed by atoms with Crippen molar-refractivity contribution < 1.29 is 13.6 Å². The molecule has 0 saturated carbocycles. The van der Waals surface area contributed by atoms with Crippen LogP contribution in [0.3, 0.4) is 0 Å². The molecule has 0 radical (unpaired) electrons. The third-order valence-electron chi connectivity index (χ3n) is 2.57. The minimum Gasteiger partial charge on any atom is -0.468 e. The van der Waals surface area contributed by atoms with Crippen LogP contribution in [0.2, 0.25) is 0 Å². The van der Waals surface area contributed by atoms with Gasteiger partial charge in [0, 0.05) is 7.05 Å².